The molecule has 0 saturated heterocycles. The first-order valence-corrected chi connectivity index (χ1v) is 9.60. The van der Waals surface area contributed by atoms with E-state index in [-0.39, 0.29) is 12.3 Å². The Labute approximate surface area is 169 Å². The van der Waals surface area contributed by atoms with E-state index in [9.17, 15) is 4.79 Å². The van der Waals surface area contributed by atoms with Crippen LogP contribution in [0.3, 0.4) is 0 Å². The maximum atomic E-state index is 12.4. The number of aromatic nitrogens is 4. The summed E-state index contributed by atoms with van der Waals surface area (Å²) in [5.41, 5.74) is 4.61. The Morgan fingerprint density at radius 1 is 1.25 bits per heavy atom. The van der Waals surface area contributed by atoms with Crippen molar-refractivity contribution in [3.8, 4) is 5.69 Å². The van der Waals surface area contributed by atoms with Crippen molar-refractivity contribution >= 4 is 17.5 Å². The number of nitrogens with zero attached hydrogens (tertiary/aromatic N) is 4. The molecule has 8 heteroatoms. The number of hydrogen-bond acceptors (Lipinski definition) is 5. The Bertz CT molecular complexity index is 993. The summed E-state index contributed by atoms with van der Waals surface area (Å²) < 4.78 is 6.90. The van der Waals surface area contributed by atoms with E-state index < -0.39 is 0 Å². The summed E-state index contributed by atoms with van der Waals surface area (Å²) in [6.45, 7) is 8.18. The first-order chi connectivity index (χ1) is 13.3. The van der Waals surface area contributed by atoms with Crippen LogP contribution >= 0.6 is 11.6 Å². The van der Waals surface area contributed by atoms with Gasteiger partial charge in [-0.25, -0.2) is 4.68 Å². The number of nitrogens with one attached hydrogen (secondary N) is 1. The van der Waals surface area contributed by atoms with Gasteiger partial charge in [-0.2, -0.15) is 10.1 Å². The molecule has 148 valence electrons. The van der Waals surface area contributed by atoms with Crippen molar-refractivity contribution in [3.05, 3.63) is 57.5 Å². The normalized spacial score (nSPS) is 11.0. The number of amides is 1. The maximum absolute atomic E-state index is 12.4. The van der Waals surface area contributed by atoms with Crippen molar-refractivity contribution in [2.45, 2.75) is 47.0 Å². The standard InChI is InChI=1S/C20H24ClN5O2/c1-12-7-8-16(10-18(12)21)26-14(3)17(13(2)24-26)11-19(27)22-9-5-6-20-23-15(4)25-28-20/h7-8,10H,5-6,9,11H2,1-4H3,(H,22,27). The van der Waals surface area contributed by atoms with Gasteiger partial charge < -0.3 is 9.84 Å². The molecule has 1 amide bonds. The number of halogens is 1. The molecule has 0 aliphatic carbocycles. The first kappa shape index (κ1) is 20.1. The molecule has 28 heavy (non-hydrogen) atoms. The molecule has 0 bridgehead atoms. The third-order valence-corrected chi connectivity index (χ3v) is 5.04. The number of aryl methyl sites for hydroxylation is 4. The fourth-order valence-electron chi connectivity index (χ4n) is 3.03. The minimum Gasteiger partial charge on any atom is -0.356 e. The van der Waals surface area contributed by atoms with E-state index >= 15 is 0 Å². The summed E-state index contributed by atoms with van der Waals surface area (Å²) in [5.74, 6) is 1.18. The fourth-order valence-corrected chi connectivity index (χ4v) is 3.20. The van der Waals surface area contributed by atoms with Crippen LogP contribution in [0.15, 0.2) is 22.7 Å². The van der Waals surface area contributed by atoms with Crippen LogP contribution in [-0.2, 0) is 17.6 Å². The van der Waals surface area contributed by atoms with E-state index in [1.165, 1.54) is 0 Å². The molecule has 0 aliphatic heterocycles. The molecule has 0 spiro atoms. The zero-order valence-corrected chi connectivity index (χ0v) is 17.3. The van der Waals surface area contributed by atoms with Gasteiger partial charge in [0.2, 0.25) is 11.8 Å². The lowest BCUT2D eigenvalue weighted by molar-refractivity contribution is -0.120. The van der Waals surface area contributed by atoms with E-state index in [1.54, 1.807) is 6.92 Å². The van der Waals surface area contributed by atoms with Crippen LogP contribution in [0.4, 0.5) is 0 Å². The molecular weight excluding hydrogens is 378 g/mol. The topological polar surface area (TPSA) is 85.8 Å². The minimum absolute atomic E-state index is 0.0330. The van der Waals surface area contributed by atoms with E-state index in [4.69, 9.17) is 16.1 Å². The third kappa shape index (κ3) is 4.59. The molecule has 0 fully saturated rings. The number of carbonyl (C=O) groups is 1. The van der Waals surface area contributed by atoms with Gasteiger partial charge in [-0.15, -0.1) is 0 Å². The van der Waals surface area contributed by atoms with Gasteiger partial charge >= 0.3 is 0 Å². The SMILES string of the molecule is Cc1noc(CCCNC(=O)Cc2c(C)nn(-c3ccc(C)c(Cl)c3)c2C)n1. The second-order valence-corrected chi connectivity index (χ2v) is 7.27. The van der Waals surface area contributed by atoms with Crippen molar-refractivity contribution in [2.75, 3.05) is 6.54 Å². The van der Waals surface area contributed by atoms with Crippen molar-refractivity contribution in [2.24, 2.45) is 0 Å². The highest BCUT2D eigenvalue weighted by Gasteiger charge is 2.16. The molecule has 0 radical (unpaired) electrons. The molecule has 2 aromatic heterocycles. The average molecular weight is 402 g/mol. The van der Waals surface area contributed by atoms with Crippen LogP contribution in [0.2, 0.25) is 5.02 Å². The van der Waals surface area contributed by atoms with E-state index in [2.05, 4.69) is 20.6 Å². The van der Waals surface area contributed by atoms with Crippen molar-refractivity contribution in [3.63, 3.8) is 0 Å². The van der Waals surface area contributed by atoms with Crippen LogP contribution in [0.1, 0.15) is 40.7 Å². The quantitative estimate of drug-likeness (QED) is 0.613. The van der Waals surface area contributed by atoms with Crippen molar-refractivity contribution < 1.29 is 9.32 Å². The van der Waals surface area contributed by atoms with E-state index in [0.29, 0.717) is 29.7 Å². The van der Waals surface area contributed by atoms with Crippen molar-refractivity contribution in [1.29, 1.82) is 0 Å². The van der Waals surface area contributed by atoms with Crippen LogP contribution in [0.25, 0.3) is 5.69 Å². The number of benzene rings is 1. The zero-order chi connectivity index (χ0) is 20.3. The number of rotatable bonds is 7. The lowest BCUT2D eigenvalue weighted by Crippen LogP contribution is -2.26. The number of carbonyl (C=O) groups excluding carboxylic acids is 1. The summed E-state index contributed by atoms with van der Waals surface area (Å²) in [4.78, 5) is 16.5. The van der Waals surface area contributed by atoms with Crippen LogP contribution in [0, 0.1) is 27.7 Å². The monoisotopic (exact) mass is 401 g/mol. The van der Waals surface area contributed by atoms with Gasteiger partial charge in [-0.05, 0) is 51.8 Å². The molecule has 0 saturated carbocycles. The summed E-state index contributed by atoms with van der Waals surface area (Å²) in [6, 6.07) is 5.83. The molecule has 1 N–H and O–H groups in total. The minimum atomic E-state index is -0.0330. The predicted molar refractivity (Wildman–Crippen MR) is 107 cm³/mol. The zero-order valence-electron chi connectivity index (χ0n) is 16.5. The molecule has 0 atom stereocenters. The van der Waals surface area contributed by atoms with Gasteiger partial charge in [-0.1, -0.05) is 22.8 Å². The molecule has 1 aromatic carbocycles. The smallest absolute Gasteiger partial charge is 0.226 e. The summed E-state index contributed by atoms with van der Waals surface area (Å²) in [5, 5.41) is 12.0. The molecule has 0 aliphatic rings. The average Bonchev–Trinajstić information content (AvgIpc) is 3.19. The molecule has 3 rings (SSSR count). The summed E-state index contributed by atoms with van der Waals surface area (Å²) in [6.07, 6.45) is 1.68. The lowest BCUT2D eigenvalue weighted by atomic mass is 10.1. The largest absolute Gasteiger partial charge is 0.356 e. The van der Waals surface area contributed by atoms with Crippen LogP contribution in [-0.4, -0.2) is 32.4 Å². The molecular formula is C20H24ClN5O2. The highest BCUT2D eigenvalue weighted by Crippen LogP contribution is 2.23. The predicted octanol–water partition coefficient (Wildman–Crippen LogP) is 3.43. The fraction of sp³-hybridized carbons (Fsp3) is 0.400. The molecule has 2 heterocycles. The van der Waals surface area contributed by atoms with Gasteiger partial charge in [-0.3, -0.25) is 4.79 Å². The Balaban J connectivity index is 1.60. The van der Waals surface area contributed by atoms with Gasteiger partial charge in [0.05, 0.1) is 17.8 Å². The highest BCUT2D eigenvalue weighted by atomic mass is 35.5. The van der Waals surface area contributed by atoms with Crippen molar-refractivity contribution in [1.82, 2.24) is 25.2 Å². The molecule has 7 nitrogen and oxygen atoms in total. The Morgan fingerprint density at radius 3 is 2.71 bits per heavy atom. The number of hydrogen-bond donors (Lipinski definition) is 1. The first-order valence-electron chi connectivity index (χ1n) is 9.22. The van der Waals surface area contributed by atoms with E-state index in [1.807, 2.05) is 43.7 Å². The van der Waals surface area contributed by atoms with Gasteiger partial charge in [0, 0.05) is 29.2 Å². The van der Waals surface area contributed by atoms with E-state index in [0.717, 1.165) is 34.6 Å². The Hall–Kier alpha value is -2.67. The Kier molecular flexibility index (Phi) is 6.14. The highest BCUT2D eigenvalue weighted by molar-refractivity contribution is 6.31. The lowest BCUT2D eigenvalue weighted by Gasteiger charge is -2.08. The summed E-state index contributed by atoms with van der Waals surface area (Å²) in [7, 11) is 0. The van der Waals surface area contributed by atoms with Gasteiger partial charge in [0.15, 0.2) is 5.82 Å². The van der Waals surface area contributed by atoms with Crippen LogP contribution < -0.4 is 5.32 Å². The maximum Gasteiger partial charge on any atom is 0.226 e. The third-order valence-electron chi connectivity index (χ3n) is 4.64. The summed E-state index contributed by atoms with van der Waals surface area (Å²) >= 11 is 6.24. The molecule has 3 aromatic rings. The Morgan fingerprint density at radius 2 is 2.04 bits per heavy atom. The van der Waals surface area contributed by atoms with Crippen LogP contribution in [0.5, 0.6) is 0 Å². The van der Waals surface area contributed by atoms with Gasteiger partial charge in [0.25, 0.3) is 0 Å². The molecule has 0 unspecified atom stereocenters. The van der Waals surface area contributed by atoms with Gasteiger partial charge in [0.1, 0.15) is 0 Å². The second kappa shape index (κ2) is 8.56. The second-order valence-electron chi connectivity index (χ2n) is 6.86.